The first-order chi connectivity index (χ1) is 9.51. The van der Waals surface area contributed by atoms with Gasteiger partial charge in [0.15, 0.2) is 0 Å². The normalized spacial score (nSPS) is 10.2. The number of carbonyl (C=O) groups is 1. The predicted octanol–water partition coefficient (Wildman–Crippen LogP) is 3.12. The summed E-state index contributed by atoms with van der Waals surface area (Å²) in [6.45, 7) is 1.82. The van der Waals surface area contributed by atoms with Gasteiger partial charge in [-0.05, 0) is 47.1 Å². The lowest BCUT2D eigenvalue weighted by molar-refractivity contribution is 0.102. The van der Waals surface area contributed by atoms with E-state index in [0.29, 0.717) is 11.6 Å². The maximum atomic E-state index is 12.1. The van der Waals surface area contributed by atoms with Crippen LogP contribution in [0.3, 0.4) is 0 Å². The molecule has 0 aliphatic heterocycles. The third kappa shape index (κ3) is 3.08. The van der Waals surface area contributed by atoms with Crippen molar-refractivity contribution in [2.24, 2.45) is 0 Å². The van der Waals surface area contributed by atoms with Gasteiger partial charge in [0.25, 0.3) is 5.91 Å². The Labute approximate surface area is 124 Å². The fraction of sp³-hybridized carbons (Fsp3) is 0.143. The first kappa shape index (κ1) is 14.3. The molecule has 1 aromatic heterocycles. The van der Waals surface area contributed by atoms with Gasteiger partial charge in [-0.2, -0.15) is 0 Å². The summed E-state index contributed by atoms with van der Waals surface area (Å²) in [6.07, 6.45) is 0. The van der Waals surface area contributed by atoms with Crippen molar-refractivity contribution < 1.29 is 14.6 Å². The summed E-state index contributed by atoms with van der Waals surface area (Å²) >= 11 is 3.34. The van der Waals surface area contributed by atoms with Gasteiger partial charge in [-0.25, -0.2) is 4.98 Å². The van der Waals surface area contributed by atoms with E-state index in [4.69, 9.17) is 4.74 Å². The number of benzene rings is 1. The summed E-state index contributed by atoms with van der Waals surface area (Å²) in [7, 11) is 1.49. The first-order valence-corrected chi connectivity index (χ1v) is 6.62. The Morgan fingerprint density at radius 1 is 1.35 bits per heavy atom. The molecule has 0 fully saturated rings. The second kappa shape index (κ2) is 5.92. The summed E-state index contributed by atoms with van der Waals surface area (Å²) in [5, 5.41) is 12.4. The van der Waals surface area contributed by atoms with Crippen molar-refractivity contribution in [1.82, 2.24) is 4.98 Å². The van der Waals surface area contributed by atoms with E-state index in [9.17, 15) is 9.90 Å². The number of ether oxygens (including phenoxy) is 1. The molecular weight excluding hydrogens is 324 g/mol. The van der Waals surface area contributed by atoms with Gasteiger partial charge in [0.2, 0.25) is 0 Å². The number of rotatable bonds is 3. The summed E-state index contributed by atoms with van der Waals surface area (Å²) in [4.78, 5) is 16.3. The van der Waals surface area contributed by atoms with Crippen LogP contribution in [-0.2, 0) is 0 Å². The number of carbonyl (C=O) groups excluding carboxylic acids is 1. The molecule has 0 radical (unpaired) electrons. The fourth-order valence-electron chi connectivity index (χ4n) is 1.63. The van der Waals surface area contributed by atoms with Crippen LogP contribution in [0.5, 0.6) is 11.5 Å². The SMILES string of the molecule is COc1ccc(C(=O)Nc2ccc(Br)c(C)n2)c(O)c1. The first-order valence-electron chi connectivity index (χ1n) is 5.83. The van der Waals surface area contributed by atoms with Crippen LogP contribution in [0, 0.1) is 6.92 Å². The highest BCUT2D eigenvalue weighted by Crippen LogP contribution is 2.24. The number of anilines is 1. The summed E-state index contributed by atoms with van der Waals surface area (Å²) in [5.41, 5.74) is 0.926. The molecule has 0 aliphatic rings. The summed E-state index contributed by atoms with van der Waals surface area (Å²) in [6, 6.07) is 7.96. The average molecular weight is 337 g/mol. The van der Waals surface area contributed by atoms with Crippen molar-refractivity contribution >= 4 is 27.7 Å². The number of methoxy groups -OCH3 is 1. The number of aromatic nitrogens is 1. The van der Waals surface area contributed by atoms with Crippen LogP contribution >= 0.6 is 15.9 Å². The van der Waals surface area contributed by atoms with Gasteiger partial charge < -0.3 is 15.2 Å². The Balaban J connectivity index is 2.21. The number of hydrogen-bond acceptors (Lipinski definition) is 4. The molecule has 0 aliphatic carbocycles. The van der Waals surface area contributed by atoms with Gasteiger partial charge in [0.05, 0.1) is 18.4 Å². The molecule has 1 heterocycles. The lowest BCUT2D eigenvalue weighted by Crippen LogP contribution is -2.13. The Hall–Kier alpha value is -2.08. The highest BCUT2D eigenvalue weighted by molar-refractivity contribution is 9.10. The number of aryl methyl sites for hydroxylation is 1. The smallest absolute Gasteiger partial charge is 0.260 e. The zero-order valence-corrected chi connectivity index (χ0v) is 12.6. The van der Waals surface area contributed by atoms with E-state index in [-0.39, 0.29) is 11.3 Å². The second-order valence-corrected chi connectivity index (χ2v) is 4.96. The third-order valence-corrected chi connectivity index (χ3v) is 3.55. The van der Waals surface area contributed by atoms with Crippen LogP contribution in [-0.4, -0.2) is 23.1 Å². The molecule has 0 atom stereocenters. The second-order valence-electron chi connectivity index (χ2n) is 4.10. The van der Waals surface area contributed by atoms with Crippen LogP contribution in [0.15, 0.2) is 34.8 Å². The van der Waals surface area contributed by atoms with Crippen molar-refractivity contribution in [3.05, 3.63) is 46.1 Å². The van der Waals surface area contributed by atoms with E-state index in [1.54, 1.807) is 18.2 Å². The number of nitrogens with zero attached hydrogens (tertiary/aromatic N) is 1. The maximum absolute atomic E-state index is 12.1. The monoisotopic (exact) mass is 336 g/mol. The van der Waals surface area contributed by atoms with Gasteiger partial charge in [-0.15, -0.1) is 0 Å². The van der Waals surface area contributed by atoms with E-state index in [1.165, 1.54) is 19.2 Å². The van der Waals surface area contributed by atoms with E-state index in [0.717, 1.165) is 10.2 Å². The van der Waals surface area contributed by atoms with E-state index in [2.05, 4.69) is 26.2 Å². The van der Waals surface area contributed by atoms with Crippen molar-refractivity contribution in [2.45, 2.75) is 6.92 Å². The van der Waals surface area contributed by atoms with E-state index >= 15 is 0 Å². The molecule has 2 aromatic rings. The molecule has 2 rings (SSSR count). The Morgan fingerprint density at radius 2 is 2.10 bits per heavy atom. The summed E-state index contributed by atoms with van der Waals surface area (Å²) in [5.74, 6) is 0.331. The topological polar surface area (TPSA) is 71.5 Å². The van der Waals surface area contributed by atoms with Crippen molar-refractivity contribution in [1.29, 1.82) is 0 Å². The van der Waals surface area contributed by atoms with E-state index < -0.39 is 5.91 Å². The fourth-order valence-corrected chi connectivity index (χ4v) is 1.85. The summed E-state index contributed by atoms with van der Waals surface area (Å²) < 4.78 is 5.83. The zero-order chi connectivity index (χ0) is 14.7. The number of aromatic hydroxyl groups is 1. The van der Waals surface area contributed by atoms with Crippen LogP contribution in [0.25, 0.3) is 0 Å². The molecule has 0 unspecified atom stereocenters. The molecular formula is C14H13BrN2O3. The molecule has 1 aromatic carbocycles. The van der Waals surface area contributed by atoms with Gasteiger partial charge in [0, 0.05) is 10.5 Å². The lowest BCUT2D eigenvalue weighted by atomic mass is 10.2. The number of hydrogen-bond donors (Lipinski definition) is 2. The molecule has 104 valence electrons. The molecule has 0 spiro atoms. The number of nitrogens with one attached hydrogen (secondary N) is 1. The van der Waals surface area contributed by atoms with Gasteiger partial charge in [0.1, 0.15) is 17.3 Å². The number of halogens is 1. The van der Waals surface area contributed by atoms with Crippen molar-refractivity contribution in [3.63, 3.8) is 0 Å². The molecule has 0 saturated carbocycles. The minimum atomic E-state index is -0.431. The van der Waals surface area contributed by atoms with Crippen LogP contribution in [0.4, 0.5) is 5.82 Å². The Morgan fingerprint density at radius 3 is 2.70 bits per heavy atom. The number of phenols is 1. The van der Waals surface area contributed by atoms with Crippen LogP contribution < -0.4 is 10.1 Å². The lowest BCUT2D eigenvalue weighted by Gasteiger charge is -2.08. The number of amides is 1. The third-order valence-electron chi connectivity index (χ3n) is 2.71. The number of phenolic OH excluding ortho intramolecular Hbond substituents is 1. The largest absolute Gasteiger partial charge is 0.507 e. The highest BCUT2D eigenvalue weighted by Gasteiger charge is 2.13. The molecule has 6 heteroatoms. The zero-order valence-electron chi connectivity index (χ0n) is 11.0. The van der Waals surface area contributed by atoms with Gasteiger partial charge >= 0.3 is 0 Å². The maximum Gasteiger partial charge on any atom is 0.260 e. The number of pyridine rings is 1. The Kier molecular flexibility index (Phi) is 4.24. The molecule has 5 nitrogen and oxygen atoms in total. The standard InChI is InChI=1S/C14H13BrN2O3/c1-8-11(15)5-6-13(16-8)17-14(19)10-4-3-9(20-2)7-12(10)18/h3-7,18H,1-2H3,(H,16,17,19). The van der Waals surface area contributed by atoms with Gasteiger partial charge in [-0.3, -0.25) is 4.79 Å². The van der Waals surface area contributed by atoms with Crippen molar-refractivity contribution in [2.75, 3.05) is 12.4 Å². The minimum absolute atomic E-state index is 0.143. The molecule has 20 heavy (non-hydrogen) atoms. The molecule has 0 saturated heterocycles. The average Bonchev–Trinajstić information content (AvgIpc) is 2.42. The van der Waals surface area contributed by atoms with Crippen LogP contribution in [0.2, 0.25) is 0 Å². The van der Waals surface area contributed by atoms with Crippen LogP contribution in [0.1, 0.15) is 16.1 Å². The van der Waals surface area contributed by atoms with Gasteiger partial charge in [-0.1, -0.05) is 0 Å². The minimum Gasteiger partial charge on any atom is -0.507 e. The highest BCUT2D eigenvalue weighted by atomic mass is 79.9. The molecule has 1 amide bonds. The van der Waals surface area contributed by atoms with E-state index in [1.807, 2.05) is 6.92 Å². The Bertz CT molecular complexity index is 659. The molecule has 2 N–H and O–H groups in total. The van der Waals surface area contributed by atoms with Crippen molar-refractivity contribution in [3.8, 4) is 11.5 Å². The quantitative estimate of drug-likeness (QED) is 0.903. The molecule has 0 bridgehead atoms. The predicted molar refractivity (Wildman–Crippen MR) is 79.3 cm³/mol.